The van der Waals surface area contributed by atoms with Gasteiger partial charge in [0.05, 0.1) is 6.10 Å². The van der Waals surface area contributed by atoms with Gasteiger partial charge >= 0.3 is 0 Å². The molecule has 2 saturated carbocycles. The molecule has 0 bridgehead atoms. The monoisotopic (exact) mass is 234 g/mol. The van der Waals surface area contributed by atoms with Crippen LogP contribution in [0, 0.1) is 23.7 Å². The Morgan fingerprint density at radius 3 is 2.65 bits per heavy atom. The number of hydrogen-bond donors (Lipinski definition) is 1. The highest BCUT2D eigenvalue weighted by molar-refractivity contribution is 5.23. The van der Waals surface area contributed by atoms with Gasteiger partial charge in [0.2, 0.25) is 0 Å². The third-order valence-electron chi connectivity index (χ3n) is 5.20. The molecular weight excluding hydrogens is 212 g/mol. The molecule has 94 valence electrons. The first-order valence-electron chi connectivity index (χ1n) is 6.78. The average Bonchev–Trinajstić information content (AvgIpc) is 2.75. The highest BCUT2D eigenvalue weighted by Crippen LogP contribution is 2.52. The first-order valence-corrected chi connectivity index (χ1v) is 6.78. The van der Waals surface area contributed by atoms with Crippen molar-refractivity contribution in [2.75, 3.05) is 0 Å². The van der Waals surface area contributed by atoms with Crippen molar-refractivity contribution in [1.29, 1.82) is 0 Å². The Kier molecular flexibility index (Phi) is 2.68. The second-order valence-corrected chi connectivity index (χ2v) is 6.04. The number of aliphatic hydroxyl groups is 1. The Balaban J connectivity index is 1.95. The lowest BCUT2D eigenvalue weighted by Gasteiger charge is -2.27. The molecule has 2 nitrogen and oxygen atoms in total. The second kappa shape index (κ2) is 3.96. The summed E-state index contributed by atoms with van der Waals surface area (Å²) in [5.41, 5.74) is 2.70. The average molecular weight is 234 g/mol. The smallest absolute Gasteiger partial charge is 0.157 e. The van der Waals surface area contributed by atoms with Gasteiger partial charge in [-0.15, -0.1) is 0 Å². The van der Waals surface area contributed by atoms with Crippen molar-refractivity contribution in [1.82, 2.24) is 0 Å². The Morgan fingerprint density at radius 1 is 1.18 bits per heavy atom. The maximum absolute atomic E-state index is 9.92. The highest BCUT2D eigenvalue weighted by atomic mass is 16.6. The Hall–Kier alpha value is -0.600. The molecule has 1 saturated heterocycles. The standard InChI is InChI=1S/C15H22O2/c1-8-4-7-12-10(3)15(16)17-14(12)13-9(2)5-6-11(8)13/h10-16H,1-2,4-7H2,3H3/t10-,11-,12-,13-,14-,15-/m0/s1. The van der Waals surface area contributed by atoms with Gasteiger partial charge in [-0.1, -0.05) is 31.2 Å². The third kappa shape index (κ3) is 1.61. The van der Waals surface area contributed by atoms with Crippen LogP contribution in [0.15, 0.2) is 24.3 Å². The minimum absolute atomic E-state index is 0.180. The summed E-state index contributed by atoms with van der Waals surface area (Å²) in [6.07, 6.45) is 4.09. The predicted octanol–water partition coefficient (Wildman–Crippen LogP) is 2.89. The number of hydrogen-bond acceptors (Lipinski definition) is 2. The Labute approximate surface area is 103 Å². The van der Waals surface area contributed by atoms with Gasteiger partial charge < -0.3 is 9.84 Å². The summed E-state index contributed by atoms with van der Waals surface area (Å²) in [6.45, 7) is 10.6. The van der Waals surface area contributed by atoms with E-state index < -0.39 is 6.29 Å². The lowest BCUT2D eigenvalue weighted by molar-refractivity contribution is -0.117. The Bertz CT molecular complexity index is 360. The molecule has 0 aromatic heterocycles. The molecule has 0 unspecified atom stereocenters. The van der Waals surface area contributed by atoms with Crippen LogP contribution in [0.3, 0.4) is 0 Å². The first kappa shape index (κ1) is 11.5. The zero-order chi connectivity index (χ0) is 12.2. The molecule has 3 fully saturated rings. The summed E-state index contributed by atoms with van der Waals surface area (Å²) >= 11 is 0. The molecule has 17 heavy (non-hydrogen) atoms. The second-order valence-electron chi connectivity index (χ2n) is 6.04. The number of aliphatic hydroxyl groups excluding tert-OH is 1. The van der Waals surface area contributed by atoms with E-state index in [1.807, 2.05) is 0 Å². The topological polar surface area (TPSA) is 29.5 Å². The van der Waals surface area contributed by atoms with Crippen molar-refractivity contribution in [3.05, 3.63) is 24.3 Å². The lowest BCUT2D eigenvalue weighted by Crippen LogP contribution is -2.29. The quantitative estimate of drug-likeness (QED) is 0.653. The van der Waals surface area contributed by atoms with E-state index in [9.17, 15) is 5.11 Å². The zero-order valence-corrected chi connectivity index (χ0v) is 10.6. The summed E-state index contributed by atoms with van der Waals surface area (Å²) in [7, 11) is 0. The number of ether oxygens (including phenoxy) is 1. The van der Waals surface area contributed by atoms with Gasteiger partial charge in [-0.05, 0) is 37.5 Å². The maximum atomic E-state index is 9.92. The molecule has 6 atom stereocenters. The van der Waals surface area contributed by atoms with Gasteiger partial charge in [0.1, 0.15) is 0 Å². The SMILES string of the molecule is C=C1CC[C@H]2C(=C)CC[C@H]3[C@H](C)[C@@H](O)O[C@@H]3[C@@H]12. The molecular formula is C15H22O2. The molecule has 3 aliphatic rings. The predicted molar refractivity (Wildman–Crippen MR) is 67.3 cm³/mol. The van der Waals surface area contributed by atoms with Gasteiger partial charge in [-0.25, -0.2) is 0 Å². The molecule has 0 spiro atoms. The third-order valence-corrected chi connectivity index (χ3v) is 5.20. The van der Waals surface area contributed by atoms with Gasteiger partial charge in [0.15, 0.2) is 6.29 Å². The van der Waals surface area contributed by atoms with Gasteiger partial charge in [-0.3, -0.25) is 0 Å². The van der Waals surface area contributed by atoms with E-state index in [-0.39, 0.29) is 12.0 Å². The van der Waals surface area contributed by atoms with Crippen molar-refractivity contribution in [3.8, 4) is 0 Å². The van der Waals surface area contributed by atoms with Crippen molar-refractivity contribution in [2.45, 2.75) is 45.0 Å². The first-order chi connectivity index (χ1) is 8.09. The van der Waals surface area contributed by atoms with Crippen LogP contribution in [0.2, 0.25) is 0 Å². The van der Waals surface area contributed by atoms with Gasteiger partial charge in [0, 0.05) is 11.8 Å². The van der Waals surface area contributed by atoms with Crippen molar-refractivity contribution < 1.29 is 9.84 Å². The van der Waals surface area contributed by atoms with E-state index in [1.165, 1.54) is 17.6 Å². The molecule has 0 aromatic rings. The van der Waals surface area contributed by atoms with Crippen molar-refractivity contribution in [3.63, 3.8) is 0 Å². The van der Waals surface area contributed by atoms with Crippen LogP contribution >= 0.6 is 0 Å². The van der Waals surface area contributed by atoms with Crippen LogP contribution in [0.4, 0.5) is 0 Å². The molecule has 0 aromatic carbocycles. The van der Waals surface area contributed by atoms with E-state index in [4.69, 9.17) is 4.74 Å². The largest absolute Gasteiger partial charge is 0.368 e. The van der Waals surface area contributed by atoms with Crippen molar-refractivity contribution in [2.24, 2.45) is 23.7 Å². The summed E-state index contributed by atoms with van der Waals surface area (Å²) in [4.78, 5) is 0. The summed E-state index contributed by atoms with van der Waals surface area (Å²) < 4.78 is 5.84. The molecule has 1 aliphatic heterocycles. The van der Waals surface area contributed by atoms with Gasteiger partial charge in [-0.2, -0.15) is 0 Å². The molecule has 2 heteroatoms. The number of allylic oxidation sites excluding steroid dienone is 1. The molecule has 1 N–H and O–H groups in total. The van der Waals surface area contributed by atoms with Crippen LogP contribution in [0.1, 0.15) is 32.6 Å². The van der Waals surface area contributed by atoms with E-state index in [0.717, 1.165) is 19.3 Å². The minimum atomic E-state index is -0.578. The molecule has 2 aliphatic carbocycles. The summed E-state index contributed by atoms with van der Waals surface area (Å²) in [5, 5.41) is 9.92. The molecule has 1 heterocycles. The van der Waals surface area contributed by atoms with Gasteiger partial charge in [0.25, 0.3) is 0 Å². The van der Waals surface area contributed by atoms with Crippen LogP contribution in [-0.2, 0) is 4.74 Å². The fourth-order valence-electron chi connectivity index (χ4n) is 4.10. The molecule has 0 amide bonds. The lowest BCUT2D eigenvalue weighted by atomic mass is 9.80. The fraction of sp³-hybridized carbons (Fsp3) is 0.733. The van der Waals surface area contributed by atoms with E-state index >= 15 is 0 Å². The fourth-order valence-corrected chi connectivity index (χ4v) is 4.10. The van der Waals surface area contributed by atoms with Crippen LogP contribution in [0.25, 0.3) is 0 Å². The van der Waals surface area contributed by atoms with E-state index in [0.29, 0.717) is 17.8 Å². The summed E-state index contributed by atoms with van der Waals surface area (Å²) in [5.74, 6) is 1.69. The zero-order valence-electron chi connectivity index (χ0n) is 10.6. The van der Waals surface area contributed by atoms with E-state index in [2.05, 4.69) is 20.1 Å². The minimum Gasteiger partial charge on any atom is -0.368 e. The van der Waals surface area contributed by atoms with Crippen LogP contribution < -0.4 is 0 Å². The normalized spacial score (nSPS) is 50.0. The number of fused-ring (bicyclic) bond motifs is 3. The summed E-state index contributed by atoms with van der Waals surface area (Å²) in [6, 6.07) is 0. The number of rotatable bonds is 0. The highest BCUT2D eigenvalue weighted by Gasteiger charge is 2.50. The van der Waals surface area contributed by atoms with Crippen LogP contribution in [-0.4, -0.2) is 17.5 Å². The molecule has 0 radical (unpaired) electrons. The maximum Gasteiger partial charge on any atom is 0.157 e. The van der Waals surface area contributed by atoms with E-state index in [1.54, 1.807) is 0 Å². The molecule has 3 rings (SSSR count). The van der Waals surface area contributed by atoms with Crippen molar-refractivity contribution >= 4 is 0 Å². The Morgan fingerprint density at radius 2 is 1.88 bits per heavy atom. The van der Waals surface area contributed by atoms with Crippen LogP contribution in [0.5, 0.6) is 0 Å².